The Morgan fingerprint density at radius 3 is 2.62 bits per heavy atom. The second-order valence-electron chi connectivity index (χ2n) is 6.45. The molecule has 8 heteroatoms. The Balaban J connectivity index is 0.00000338. The van der Waals surface area contributed by atoms with Gasteiger partial charge in [0, 0.05) is 25.2 Å². The number of guanidine groups is 1. The number of rotatable bonds is 6. The zero-order chi connectivity index (χ0) is 18.3. The molecule has 0 radical (unpaired) electrons. The van der Waals surface area contributed by atoms with Gasteiger partial charge in [-0.25, -0.2) is 0 Å². The summed E-state index contributed by atoms with van der Waals surface area (Å²) in [5, 5.41) is 3.04. The van der Waals surface area contributed by atoms with Gasteiger partial charge in [-0.2, -0.15) is 13.2 Å². The molecule has 2 rings (SSSR count). The number of nitrogens with zero attached hydrogens (tertiary/aromatic N) is 1. The Morgan fingerprint density at radius 2 is 2.00 bits per heavy atom. The SMILES string of the molecule is CCCCNC(N)=NCC1(c2cccc(C(F)(F)F)c2)CCOCC1.I. The number of nitrogens with one attached hydrogen (secondary N) is 1. The number of nitrogens with two attached hydrogens (primary N) is 1. The minimum Gasteiger partial charge on any atom is -0.381 e. The number of unbranched alkanes of at least 4 members (excludes halogenated alkanes) is 1. The van der Waals surface area contributed by atoms with Crippen molar-refractivity contribution in [2.75, 3.05) is 26.3 Å². The molecule has 0 unspecified atom stereocenters. The van der Waals surface area contributed by atoms with Gasteiger partial charge in [-0.1, -0.05) is 31.5 Å². The van der Waals surface area contributed by atoms with Crippen molar-refractivity contribution in [2.45, 2.75) is 44.2 Å². The van der Waals surface area contributed by atoms with E-state index in [-0.39, 0.29) is 24.0 Å². The van der Waals surface area contributed by atoms with Gasteiger partial charge in [0.05, 0.1) is 12.1 Å². The average Bonchev–Trinajstić information content (AvgIpc) is 2.60. The van der Waals surface area contributed by atoms with E-state index in [4.69, 9.17) is 10.5 Å². The largest absolute Gasteiger partial charge is 0.416 e. The number of benzene rings is 1. The molecule has 0 atom stereocenters. The van der Waals surface area contributed by atoms with Crippen LogP contribution in [0.5, 0.6) is 0 Å². The van der Waals surface area contributed by atoms with Crippen molar-refractivity contribution in [1.82, 2.24) is 5.32 Å². The van der Waals surface area contributed by atoms with Gasteiger partial charge in [-0.15, -0.1) is 24.0 Å². The maximum absolute atomic E-state index is 13.1. The second-order valence-corrected chi connectivity index (χ2v) is 6.45. The van der Waals surface area contributed by atoms with Crippen LogP contribution >= 0.6 is 24.0 Å². The molecular weight excluding hydrogens is 458 g/mol. The average molecular weight is 485 g/mol. The molecule has 1 saturated heterocycles. The molecular formula is C18H27F3IN3O. The third kappa shape index (κ3) is 6.29. The number of hydrogen-bond donors (Lipinski definition) is 2. The lowest BCUT2D eigenvalue weighted by Gasteiger charge is -2.37. The van der Waals surface area contributed by atoms with Crippen LogP contribution in [0.1, 0.15) is 43.7 Å². The smallest absolute Gasteiger partial charge is 0.381 e. The van der Waals surface area contributed by atoms with Gasteiger partial charge in [0.2, 0.25) is 0 Å². The molecule has 4 nitrogen and oxygen atoms in total. The molecule has 26 heavy (non-hydrogen) atoms. The summed E-state index contributed by atoms with van der Waals surface area (Å²) in [7, 11) is 0. The highest BCUT2D eigenvalue weighted by molar-refractivity contribution is 14.0. The lowest BCUT2D eigenvalue weighted by Crippen LogP contribution is -2.39. The Hall–Kier alpha value is -1.03. The highest BCUT2D eigenvalue weighted by atomic mass is 127. The zero-order valence-corrected chi connectivity index (χ0v) is 17.3. The van der Waals surface area contributed by atoms with Gasteiger partial charge >= 0.3 is 6.18 Å². The summed E-state index contributed by atoms with van der Waals surface area (Å²) >= 11 is 0. The van der Waals surface area contributed by atoms with E-state index in [1.165, 1.54) is 12.1 Å². The standard InChI is InChI=1S/C18H26F3N3O.HI/c1-2-3-9-23-16(22)24-13-17(7-10-25-11-8-17)14-5-4-6-15(12-14)18(19,20)21;/h4-6,12H,2-3,7-11,13H2,1H3,(H3,22,23,24);1H. The van der Waals surface area contributed by atoms with Crippen molar-refractivity contribution >= 4 is 29.9 Å². The van der Waals surface area contributed by atoms with Gasteiger partial charge in [-0.05, 0) is 30.9 Å². The molecule has 3 N–H and O–H groups in total. The molecule has 0 aliphatic carbocycles. The molecule has 0 aromatic heterocycles. The Labute approximate surface area is 169 Å². The first-order valence-electron chi connectivity index (χ1n) is 8.67. The van der Waals surface area contributed by atoms with Crippen molar-refractivity contribution in [1.29, 1.82) is 0 Å². The third-order valence-electron chi connectivity index (χ3n) is 4.64. The number of hydrogen-bond acceptors (Lipinski definition) is 2. The maximum Gasteiger partial charge on any atom is 0.416 e. The first-order chi connectivity index (χ1) is 11.9. The maximum atomic E-state index is 13.1. The van der Waals surface area contributed by atoms with E-state index in [0.29, 0.717) is 44.1 Å². The first-order valence-corrected chi connectivity index (χ1v) is 8.67. The summed E-state index contributed by atoms with van der Waals surface area (Å²) < 4.78 is 44.6. The van der Waals surface area contributed by atoms with Gasteiger partial charge in [0.25, 0.3) is 0 Å². The van der Waals surface area contributed by atoms with Crippen LogP contribution in [0.2, 0.25) is 0 Å². The van der Waals surface area contributed by atoms with E-state index in [1.807, 2.05) is 0 Å². The minimum absolute atomic E-state index is 0. The quantitative estimate of drug-likeness (QED) is 0.277. The lowest BCUT2D eigenvalue weighted by molar-refractivity contribution is -0.137. The zero-order valence-electron chi connectivity index (χ0n) is 14.9. The molecule has 0 bridgehead atoms. The van der Waals surface area contributed by atoms with Crippen molar-refractivity contribution in [3.8, 4) is 0 Å². The fourth-order valence-electron chi connectivity index (χ4n) is 3.01. The summed E-state index contributed by atoms with van der Waals surface area (Å²) in [6.45, 7) is 4.19. The van der Waals surface area contributed by atoms with Gasteiger partial charge in [0.1, 0.15) is 0 Å². The predicted molar refractivity (Wildman–Crippen MR) is 108 cm³/mol. The Kier molecular flexibility index (Phi) is 9.15. The van der Waals surface area contributed by atoms with Crippen molar-refractivity contribution in [3.05, 3.63) is 35.4 Å². The Morgan fingerprint density at radius 1 is 1.31 bits per heavy atom. The molecule has 1 fully saturated rings. The van der Waals surface area contributed by atoms with Crippen LogP contribution in [-0.4, -0.2) is 32.3 Å². The highest BCUT2D eigenvalue weighted by Gasteiger charge is 2.37. The van der Waals surface area contributed by atoms with E-state index in [2.05, 4.69) is 17.2 Å². The molecule has 1 aliphatic heterocycles. The summed E-state index contributed by atoms with van der Waals surface area (Å²) in [4.78, 5) is 4.41. The number of aliphatic imine (C=N–C) groups is 1. The number of halogens is 4. The van der Waals surface area contributed by atoms with Crippen molar-refractivity contribution in [2.24, 2.45) is 10.7 Å². The van der Waals surface area contributed by atoms with Crippen LogP contribution in [0, 0.1) is 0 Å². The molecule has 0 spiro atoms. The van der Waals surface area contributed by atoms with Crippen LogP contribution in [-0.2, 0) is 16.3 Å². The summed E-state index contributed by atoms with van der Waals surface area (Å²) in [6.07, 6.45) is -1.07. The van der Waals surface area contributed by atoms with Crippen LogP contribution in [0.4, 0.5) is 13.2 Å². The fraction of sp³-hybridized carbons (Fsp3) is 0.611. The van der Waals surface area contributed by atoms with E-state index in [0.717, 1.165) is 25.5 Å². The monoisotopic (exact) mass is 485 g/mol. The minimum atomic E-state index is -4.35. The Bertz CT molecular complexity index is 587. The molecule has 1 heterocycles. The van der Waals surface area contributed by atoms with Gasteiger partial charge < -0.3 is 15.8 Å². The van der Waals surface area contributed by atoms with Gasteiger partial charge in [-0.3, -0.25) is 4.99 Å². The van der Waals surface area contributed by atoms with Crippen LogP contribution in [0.3, 0.4) is 0 Å². The fourth-order valence-corrected chi connectivity index (χ4v) is 3.01. The van der Waals surface area contributed by atoms with Crippen molar-refractivity contribution < 1.29 is 17.9 Å². The highest BCUT2D eigenvalue weighted by Crippen LogP contribution is 2.38. The van der Waals surface area contributed by atoms with Crippen LogP contribution in [0.15, 0.2) is 29.3 Å². The molecule has 1 aliphatic rings. The van der Waals surface area contributed by atoms with Crippen LogP contribution in [0.25, 0.3) is 0 Å². The topological polar surface area (TPSA) is 59.6 Å². The van der Waals surface area contributed by atoms with E-state index < -0.39 is 17.2 Å². The second kappa shape index (κ2) is 10.3. The summed E-state index contributed by atoms with van der Waals surface area (Å²) in [6, 6.07) is 5.54. The third-order valence-corrected chi connectivity index (χ3v) is 4.64. The molecule has 148 valence electrons. The van der Waals surface area contributed by atoms with Crippen molar-refractivity contribution in [3.63, 3.8) is 0 Å². The van der Waals surface area contributed by atoms with Gasteiger partial charge in [0.15, 0.2) is 5.96 Å². The molecule has 1 aromatic rings. The van der Waals surface area contributed by atoms with E-state index in [1.54, 1.807) is 6.07 Å². The summed E-state index contributed by atoms with van der Waals surface area (Å²) in [5.74, 6) is 0.339. The first kappa shape index (κ1) is 23.0. The molecule has 1 aromatic carbocycles. The molecule has 0 saturated carbocycles. The number of alkyl halides is 3. The van der Waals surface area contributed by atoms with E-state index in [9.17, 15) is 13.2 Å². The number of ether oxygens (including phenoxy) is 1. The van der Waals surface area contributed by atoms with E-state index >= 15 is 0 Å². The predicted octanol–water partition coefficient (Wildman–Crippen LogP) is 4.08. The molecule has 0 amide bonds. The lowest BCUT2D eigenvalue weighted by atomic mass is 9.74. The normalized spacial score (nSPS) is 17.5. The summed E-state index contributed by atoms with van der Waals surface area (Å²) in [5.41, 5.74) is 5.44. The van der Waals surface area contributed by atoms with Crippen LogP contribution < -0.4 is 11.1 Å².